The standard InChI is InChI=1S/C16H14FNO3/c17-18(15(19)13-9-5-2-6-10-13)14(16(20)21)11-12-7-3-1-4-8-12/h1-10,14H,11H2,(H,20,21)/t14-/m0/s1. The van der Waals surface area contributed by atoms with E-state index in [4.69, 9.17) is 5.11 Å². The second-order valence-electron chi connectivity index (χ2n) is 4.53. The first kappa shape index (κ1) is 14.7. The molecule has 0 fully saturated rings. The van der Waals surface area contributed by atoms with Crippen LogP contribution in [0.3, 0.4) is 0 Å². The number of halogens is 1. The zero-order chi connectivity index (χ0) is 15.2. The third-order valence-corrected chi connectivity index (χ3v) is 3.05. The van der Waals surface area contributed by atoms with Gasteiger partial charge in [0.1, 0.15) is 0 Å². The summed E-state index contributed by atoms with van der Waals surface area (Å²) in [5.74, 6) is -2.34. The largest absolute Gasteiger partial charge is 0.480 e. The highest BCUT2D eigenvalue weighted by Crippen LogP contribution is 2.14. The quantitative estimate of drug-likeness (QED) is 0.860. The van der Waals surface area contributed by atoms with E-state index in [1.54, 1.807) is 48.5 Å². The van der Waals surface area contributed by atoms with Gasteiger partial charge in [-0.05, 0) is 17.7 Å². The van der Waals surface area contributed by atoms with E-state index in [0.717, 1.165) is 0 Å². The van der Waals surface area contributed by atoms with Gasteiger partial charge in [-0.1, -0.05) is 53.0 Å². The van der Waals surface area contributed by atoms with Crippen LogP contribution in [0.5, 0.6) is 0 Å². The lowest BCUT2D eigenvalue weighted by molar-refractivity contribution is -0.147. The van der Waals surface area contributed by atoms with Crippen LogP contribution in [-0.4, -0.2) is 28.1 Å². The topological polar surface area (TPSA) is 57.6 Å². The number of amides is 1. The van der Waals surface area contributed by atoms with E-state index in [2.05, 4.69) is 0 Å². The molecule has 0 aromatic heterocycles. The van der Waals surface area contributed by atoms with Crippen molar-refractivity contribution in [2.45, 2.75) is 12.5 Å². The van der Waals surface area contributed by atoms with Gasteiger partial charge in [0.2, 0.25) is 0 Å². The fourth-order valence-electron chi connectivity index (χ4n) is 1.95. The van der Waals surface area contributed by atoms with Crippen LogP contribution in [0.1, 0.15) is 15.9 Å². The molecule has 0 unspecified atom stereocenters. The summed E-state index contributed by atoms with van der Waals surface area (Å²) in [5, 5.41) is 8.95. The van der Waals surface area contributed by atoms with E-state index < -0.39 is 17.9 Å². The number of benzene rings is 2. The Morgan fingerprint density at radius 2 is 1.52 bits per heavy atom. The number of hydrogen-bond acceptors (Lipinski definition) is 2. The molecule has 0 aliphatic rings. The van der Waals surface area contributed by atoms with Crippen LogP contribution in [-0.2, 0) is 11.2 Å². The second-order valence-corrected chi connectivity index (χ2v) is 4.53. The van der Waals surface area contributed by atoms with Crippen molar-refractivity contribution in [2.75, 3.05) is 0 Å². The Morgan fingerprint density at radius 3 is 2.05 bits per heavy atom. The smallest absolute Gasteiger partial charge is 0.329 e. The maximum atomic E-state index is 14.2. The van der Waals surface area contributed by atoms with Gasteiger partial charge in [-0.15, -0.1) is 0 Å². The molecule has 0 heterocycles. The minimum Gasteiger partial charge on any atom is -0.480 e. The minimum atomic E-state index is -1.56. The summed E-state index contributed by atoms with van der Waals surface area (Å²) in [4.78, 5) is 23.2. The van der Waals surface area contributed by atoms with Gasteiger partial charge in [0.25, 0.3) is 5.91 Å². The average Bonchev–Trinajstić information content (AvgIpc) is 2.53. The predicted octanol–water partition coefficient (Wildman–Crippen LogP) is 2.71. The van der Waals surface area contributed by atoms with E-state index in [0.29, 0.717) is 5.56 Å². The number of carbonyl (C=O) groups excluding carboxylic acids is 1. The maximum Gasteiger partial charge on any atom is 0.329 e. The molecule has 0 saturated heterocycles. The van der Waals surface area contributed by atoms with E-state index in [9.17, 15) is 14.1 Å². The summed E-state index contributed by atoms with van der Waals surface area (Å²) >= 11 is 0. The van der Waals surface area contributed by atoms with Gasteiger partial charge in [-0.25, -0.2) is 4.79 Å². The SMILES string of the molecule is O=C(O)[C@H](Cc1ccccc1)N(F)C(=O)c1ccccc1. The number of rotatable bonds is 5. The summed E-state index contributed by atoms with van der Waals surface area (Å²) in [7, 11) is 0. The van der Waals surface area contributed by atoms with E-state index >= 15 is 0 Å². The van der Waals surface area contributed by atoms with Crippen molar-refractivity contribution >= 4 is 11.9 Å². The molecule has 4 nitrogen and oxygen atoms in total. The van der Waals surface area contributed by atoms with Crippen molar-refractivity contribution in [3.05, 3.63) is 71.8 Å². The molecule has 2 aromatic rings. The lowest BCUT2D eigenvalue weighted by atomic mass is 10.1. The van der Waals surface area contributed by atoms with Crippen molar-refractivity contribution < 1.29 is 19.2 Å². The summed E-state index contributed by atoms with van der Waals surface area (Å²) in [6, 6.07) is 14.8. The molecule has 5 heteroatoms. The molecule has 108 valence electrons. The minimum absolute atomic E-state index is 0.0920. The van der Waals surface area contributed by atoms with E-state index in [1.165, 1.54) is 12.1 Å². The van der Waals surface area contributed by atoms with Crippen LogP contribution in [0, 0.1) is 0 Å². The number of nitrogens with zero attached hydrogens (tertiary/aromatic N) is 1. The van der Waals surface area contributed by atoms with Crippen molar-refractivity contribution in [3.63, 3.8) is 0 Å². The maximum absolute atomic E-state index is 14.2. The van der Waals surface area contributed by atoms with Crippen LogP contribution in [0.25, 0.3) is 0 Å². The fraction of sp³-hybridized carbons (Fsp3) is 0.125. The van der Waals surface area contributed by atoms with Crippen molar-refractivity contribution in [1.82, 2.24) is 5.12 Å². The van der Waals surface area contributed by atoms with Crippen LogP contribution in [0.15, 0.2) is 60.7 Å². The highest BCUT2D eigenvalue weighted by molar-refractivity contribution is 5.95. The summed E-state index contributed by atoms with van der Waals surface area (Å²) in [6.45, 7) is 0. The Labute approximate surface area is 121 Å². The van der Waals surface area contributed by atoms with Crippen LogP contribution >= 0.6 is 0 Å². The summed E-state index contributed by atoms with van der Waals surface area (Å²) < 4.78 is 14.2. The third kappa shape index (κ3) is 3.66. The van der Waals surface area contributed by atoms with Crippen LogP contribution in [0.2, 0.25) is 0 Å². The highest BCUT2D eigenvalue weighted by Gasteiger charge is 2.31. The number of carboxylic acids is 1. The molecule has 0 aliphatic carbocycles. The van der Waals surface area contributed by atoms with Crippen molar-refractivity contribution in [2.24, 2.45) is 0 Å². The van der Waals surface area contributed by atoms with Gasteiger partial charge in [-0.3, -0.25) is 4.79 Å². The summed E-state index contributed by atoms with van der Waals surface area (Å²) in [5.41, 5.74) is 0.757. The molecule has 0 saturated carbocycles. The lowest BCUT2D eigenvalue weighted by Crippen LogP contribution is -2.41. The first-order valence-electron chi connectivity index (χ1n) is 6.40. The molecule has 0 spiro atoms. The van der Waals surface area contributed by atoms with Gasteiger partial charge >= 0.3 is 5.97 Å². The molecule has 21 heavy (non-hydrogen) atoms. The molecule has 1 atom stereocenters. The Balaban J connectivity index is 2.18. The average molecular weight is 287 g/mol. The van der Waals surface area contributed by atoms with Crippen LogP contribution in [0.4, 0.5) is 4.48 Å². The monoisotopic (exact) mass is 287 g/mol. The first-order chi connectivity index (χ1) is 10.1. The molecular weight excluding hydrogens is 273 g/mol. The third-order valence-electron chi connectivity index (χ3n) is 3.05. The van der Waals surface area contributed by atoms with E-state index in [-0.39, 0.29) is 17.1 Å². The molecular formula is C16H14FNO3. The predicted molar refractivity (Wildman–Crippen MR) is 75.3 cm³/mol. The van der Waals surface area contributed by atoms with Gasteiger partial charge in [0.15, 0.2) is 6.04 Å². The first-order valence-corrected chi connectivity index (χ1v) is 6.40. The molecule has 2 aromatic carbocycles. The van der Waals surface area contributed by atoms with Gasteiger partial charge in [0, 0.05) is 12.0 Å². The van der Waals surface area contributed by atoms with Crippen LogP contribution < -0.4 is 0 Å². The lowest BCUT2D eigenvalue weighted by Gasteiger charge is -2.20. The number of carboxylic acid groups (broad SMARTS) is 1. The molecule has 0 aliphatic heterocycles. The summed E-state index contributed by atoms with van der Waals surface area (Å²) in [6.07, 6.45) is -0.0920. The molecule has 0 radical (unpaired) electrons. The van der Waals surface area contributed by atoms with Crippen molar-refractivity contribution in [1.29, 1.82) is 0 Å². The zero-order valence-corrected chi connectivity index (χ0v) is 11.1. The van der Waals surface area contributed by atoms with Gasteiger partial charge in [0.05, 0.1) is 0 Å². The molecule has 0 bridgehead atoms. The Kier molecular flexibility index (Phi) is 4.66. The van der Waals surface area contributed by atoms with Crippen molar-refractivity contribution in [3.8, 4) is 0 Å². The zero-order valence-electron chi connectivity index (χ0n) is 11.1. The van der Waals surface area contributed by atoms with E-state index in [1.807, 2.05) is 0 Å². The number of carbonyl (C=O) groups is 2. The Bertz CT molecular complexity index is 616. The molecule has 1 amide bonds. The number of hydrogen-bond donors (Lipinski definition) is 1. The number of aliphatic carboxylic acids is 1. The molecule has 1 N–H and O–H groups in total. The second kappa shape index (κ2) is 6.65. The normalized spacial score (nSPS) is 11.7. The highest BCUT2D eigenvalue weighted by atomic mass is 19.2. The van der Waals surface area contributed by atoms with Gasteiger partial charge in [-0.2, -0.15) is 5.12 Å². The Hall–Kier alpha value is -2.69. The Morgan fingerprint density at radius 1 is 1.00 bits per heavy atom. The van der Waals surface area contributed by atoms with Gasteiger partial charge < -0.3 is 5.11 Å². The molecule has 2 rings (SSSR count). The fourth-order valence-corrected chi connectivity index (χ4v) is 1.95.